The summed E-state index contributed by atoms with van der Waals surface area (Å²) in [6.45, 7) is 3.78. The highest BCUT2D eigenvalue weighted by molar-refractivity contribution is 7.89. The molecule has 0 aliphatic carbocycles. The molecule has 1 heterocycles. The van der Waals surface area contributed by atoms with Gasteiger partial charge in [0.25, 0.3) is 0 Å². The summed E-state index contributed by atoms with van der Waals surface area (Å²) < 4.78 is 38.4. The molecule has 6 nitrogen and oxygen atoms in total. The van der Waals surface area contributed by atoms with E-state index in [1.165, 1.54) is 24.8 Å². The number of ether oxygens (including phenoxy) is 2. The smallest absolute Gasteiger partial charge is 0.240 e. The number of benzene rings is 2. The third kappa shape index (κ3) is 6.17. The number of hydrogen-bond acceptors (Lipinski definition) is 5. The van der Waals surface area contributed by atoms with Crippen molar-refractivity contribution in [3.8, 4) is 5.75 Å². The molecule has 0 bridgehead atoms. The molecule has 0 radical (unpaired) electrons. The van der Waals surface area contributed by atoms with Crippen LogP contribution in [0.25, 0.3) is 0 Å². The Balaban J connectivity index is 1.42. The Morgan fingerprint density at radius 1 is 1.21 bits per heavy atom. The largest absolute Gasteiger partial charge is 0.495 e. The van der Waals surface area contributed by atoms with Crippen LogP contribution in [-0.2, 0) is 14.8 Å². The van der Waals surface area contributed by atoms with E-state index in [1.54, 1.807) is 6.07 Å². The normalized spacial score (nSPS) is 17.9. The van der Waals surface area contributed by atoms with Crippen LogP contribution in [0.3, 0.4) is 0 Å². The molecule has 8 heteroatoms. The van der Waals surface area contributed by atoms with Gasteiger partial charge in [-0.2, -0.15) is 0 Å². The molecule has 158 valence electrons. The van der Waals surface area contributed by atoms with E-state index < -0.39 is 10.0 Å². The summed E-state index contributed by atoms with van der Waals surface area (Å²) in [6, 6.07) is 14.7. The summed E-state index contributed by atoms with van der Waals surface area (Å²) in [7, 11) is -2.09. The van der Waals surface area contributed by atoms with Crippen LogP contribution >= 0.6 is 11.6 Å². The Hall–Kier alpha value is -1.64. The second kappa shape index (κ2) is 10.4. The van der Waals surface area contributed by atoms with Crippen molar-refractivity contribution in [2.75, 3.05) is 39.9 Å². The molecule has 1 atom stereocenters. The van der Waals surface area contributed by atoms with Crippen molar-refractivity contribution in [3.63, 3.8) is 0 Å². The average Bonchev–Trinajstić information content (AvgIpc) is 2.74. The van der Waals surface area contributed by atoms with Crippen molar-refractivity contribution in [1.82, 2.24) is 9.62 Å². The van der Waals surface area contributed by atoms with E-state index in [-0.39, 0.29) is 16.0 Å². The van der Waals surface area contributed by atoms with Gasteiger partial charge in [-0.25, -0.2) is 13.1 Å². The highest BCUT2D eigenvalue weighted by atomic mass is 35.5. The molecular formula is C21H27ClN2O4S. The van der Waals surface area contributed by atoms with Gasteiger partial charge in [-0.15, -0.1) is 0 Å². The van der Waals surface area contributed by atoms with E-state index in [1.807, 2.05) is 18.2 Å². The van der Waals surface area contributed by atoms with Crippen LogP contribution in [-0.4, -0.2) is 53.2 Å². The van der Waals surface area contributed by atoms with Gasteiger partial charge in [0.05, 0.1) is 29.7 Å². The number of nitrogens with one attached hydrogen (secondary N) is 1. The topological polar surface area (TPSA) is 67.9 Å². The SMILES string of the molecule is COc1ccc(S(=O)(=O)NCCCCN2CCO[C@H](c3ccccc3)C2)cc1Cl. The maximum atomic E-state index is 12.4. The number of nitrogens with zero attached hydrogens (tertiary/aromatic N) is 1. The number of hydrogen-bond donors (Lipinski definition) is 1. The third-order valence-electron chi connectivity index (χ3n) is 4.95. The van der Waals surface area contributed by atoms with Crippen molar-refractivity contribution < 1.29 is 17.9 Å². The van der Waals surface area contributed by atoms with Crippen molar-refractivity contribution >= 4 is 21.6 Å². The first-order valence-corrected chi connectivity index (χ1v) is 11.6. The maximum Gasteiger partial charge on any atom is 0.240 e. The van der Waals surface area contributed by atoms with Crippen molar-refractivity contribution in [1.29, 1.82) is 0 Å². The van der Waals surface area contributed by atoms with E-state index in [9.17, 15) is 8.42 Å². The zero-order valence-corrected chi connectivity index (χ0v) is 18.1. The number of morpholine rings is 1. The molecule has 0 saturated carbocycles. The molecular weight excluding hydrogens is 412 g/mol. The highest BCUT2D eigenvalue weighted by Crippen LogP contribution is 2.27. The molecule has 2 aromatic carbocycles. The van der Waals surface area contributed by atoms with E-state index in [0.717, 1.165) is 32.5 Å². The Bertz CT molecular complexity index is 893. The van der Waals surface area contributed by atoms with Gasteiger partial charge in [0, 0.05) is 19.6 Å². The third-order valence-corrected chi connectivity index (χ3v) is 6.70. The maximum absolute atomic E-state index is 12.4. The van der Waals surface area contributed by atoms with Crippen LogP contribution < -0.4 is 9.46 Å². The zero-order valence-electron chi connectivity index (χ0n) is 16.5. The van der Waals surface area contributed by atoms with Gasteiger partial charge in [-0.3, -0.25) is 4.90 Å². The van der Waals surface area contributed by atoms with E-state index in [0.29, 0.717) is 18.9 Å². The van der Waals surface area contributed by atoms with E-state index >= 15 is 0 Å². The molecule has 3 rings (SSSR count). The lowest BCUT2D eigenvalue weighted by Crippen LogP contribution is -2.39. The predicted molar refractivity (Wildman–Crippen MR) is 114 cm³/mol. The molecule has 0 spiro atoms. The molecule has 0 amide bonds. The Morgan fingerprint density at radius 2 is 2.00 bits per heavy atom. The fourth-order valence-corrected chi connectivity index (χ4v) is 4.76. The lowest BCUT2D eigenvalue weighted by Gasteiger charge is -2.33. The van der Waals surface area contributed by atoms with Gasteiger partial charge in [0.15, 0.2) is 0 Å². The van der Waals surface area contributed by atoms with Crippen molar-refractivity contribution in [3.05, 3.63) is 59.1 Å². The fourth-order valence-electron chi connectivity index (χ4n) is 3.34. The highest BCUT2D eigenvalue weighted by Gasteiger charge is 2.21. The average molecular weight is 439 g/mol. The van der Waals surface area contributed by atoms with Gasteiger partial charge in [-0.1, -0.05) is 41.9 Å². The van der Waals surface area contributed by atoms with Crippen LogP contribution in [0.2, 0.25) is 5.02 Å². The molecule has 2 aromatic rings. The van der Waals surface area contributed by atoms with Crippen LogP contribution in [0.1, 0.15) is 24.5 Å². The molecule has 0 aromatic heterocycles. The first kappa shape index (κ1) is 22.1. The van der Waals surface area contributed by atoms with Crippen molar-refractivity contribution in [2.45, 2.75) is 23.8 Å². The zero-order chi connectivity index (χ0) is 20.7. The Labute approximate surface area is 177 Å². The first-order valence-electron chi connectivity index (χ1n) is 9.72. The number of methoxy groups -OCH3 is 1. The van der Waals surface area contributed by atoms with Crippen LogP contribution in [0.15, 0.2) is 53.4 Å². The molecule has 0 unspecified atom stereocenters. The monoisotopic (exact) mass is 438 g/mol. The lowest BCUT2D eigenvalue weighted by atomic mass is 10.1. The van der Waals surface area contributed by atoms with Gasteiger partial charge >= 0.3 is 0 Å². The Kier molecular flexibility index (Phi) is 7.91. The molecule has 1 fully saturated rings. The number of sulfonamides is 1. The molecule has 1 aliphatic heterocycles. The van der Waals surface area contributed by atoms with Gasteiger partial charge in [-0.05, 0) is 43.1 Å². The Morgan fingerprint density at radius 3 is 2.72 bits per heavy atom. The number of halogens is 1. The standard InChI is InChI=1S/C21H27ClN2O4S/c1-27-20-10-9-18(15-19(20)22)29(25,26)23-11-5-6-12-24-13-14-28-21(16-24)17-7-3-2-4-8-17/h2-4,7-10,15,21,23H,5-6,11-14,16H2,1H3/t21-/m0/s1. The summed E-state index contributed by atoms with van der Waals surface area (Å²) in [5.74, 6) is 0.449. The minimum absolute atomic E-state index is 0.100. The predicted octanol–water partition coefficient (Wildman–Crippen LogP) is 3.48. The minimum Gasteiger partial charge on any atom is -0.495 e. The molecule has 1 N–H and O–H groups in total. The van der Waals surface area contributed by atoms with Crippen LogP contribution in [0.4, 0.5) is 0 Å². The minimum atomic E-state index is -3.58. The quantitative estimate of drug-likeness (QED) is 0.607. The van der Waals surface area contributed by atoms with E-state index in [2.05, 4.69) is 21.8 Å². The summed E-state index contributed by atoms with van der Waals surface area (Å²) in [5.41, 5.74) is 1.20. The summed E-state index contributed by atoms with van der Waals surface area (Å²) in [5, 5.41) is 0.274. The fraction of sp³-hybridized carbons (Fsp3) is 0.429. The van der Waals surface area contributed by atoms with Crippen LogP contribution in [0, 0.1) is 0 Å². The molecule has 1 saturated heterocycles. The second-order valence-corrected chi connectivity index (χ2v) is 9.15. The lowest BCUT2D eigenvalue weighted by molar-refractivity contribution is -0.0303. The second-order valence-electron chi connectivity index (χ2n) is 6.97. The first-order chi connectivity index (χ1) is 14.0. The molecule has 29 heavy (non-hydrogen) atoms. The molecule has 1 aliphatic rings. The summed E-state index contributed by atoms with van der Waals surface area (Å²) >= 11 is 6.03. The number of unbranched alkanes of at least 4 members (excludes halogenated alkanes) is 1. The number of rotatable bonds is 9. The van der Waals surface area contributed by atoms with Crippen molar-refractivity contribution in [2.24, 2.45) is 0 Å². The summed E-state index contributed by atoms with van der Waals surface area (Å²) in [4.78, 5) is 2.51. The van der Waals surface area contributed by atoms with Gasteiger partial charge < -0.3 is 9.47 Å². The van der Waals surface area contributed by atoms with Gasteiger partial charge in [0.2, 0.25) is 10.0 Å². The van der Waals surface area contributed by atoms with Crippen LogP contribution in [0.5, 0.6) is 5.75 Å². The van der Waals surface area contributed by atoms with E-state index in [4.69, 9.17) is 21.1 Å². The summed E-state index contributed by atoms with van der Waals surface area (Å²) in [6.07, 6.45) is 1.77. The van der Waals surface area contributed by atoms with Gasteiger partial charge in [0.1, 0.15) is 5.75 Å².